The van der Waals surface area contributed by atoms with E-state index < -0.39 is 6.10 Å². The van der Waals surface area contributed by atoms with Gasteiger partial charge in [-0.1, -0.05) is 0 Å². The zero-order valence-corrected chi connectivity index (χ0v) is 8.34. The number of hydrogen-bond donors (Lipinski definition) is 2. The molecule has 0 saturated carbocycles. The minimum Gasteiger partial charge on any atom is -0.461 e. The van der Waals surface area contributed by atoms with Gasteiger partial charge in [-0.05, 0) is 13.8 Å². The van der Waals surface area contributed by atoms with Crippen molar-refractivity contribution in [3.05, 3.63) is 18.0 Å². The van der Waals surface area contributed by atoms with Crippen LogP contribution in [0.1, 0.15) is 25.5 Å². The smallest absolute Gasteiger partial charge is 0.316 e. The Morgan fingerprint density at radius 2 is 2.00 bits per heavy atom. The highest BCUT2D eigenvalue weighted by Gasteiger charge is 2.07. The third-order valence-corrected chi connectivity index (χ3v) is 1.60. The van der Waals surface area contributed by atoms with Gasteiger partial charge in [-0.25, -0.2) is 9.97 Å². The molecule has 0 fully saturated rings. The Labute approximate surface area is 82.9 Å². The summed E-state index contributed by atoms with van der Waals surface area (Å²) in [7, 11) is 0. The van der Waals surface area contributed by atoms with E-state index >= 15 is 0 Å². The maximum atomic E-state index is 9.36. The Bertz CT molecular complexity index is 274. The van der Waals surface area contributed by atoms with E-state index in [1.165, 1.54) is 12.4 Å². The first-order chi connectivity index (χ1) is 6.63. The van der Waals surface area contributed by atoms with Crippen molar-refractivity contribution in [2.24, 2.45) is 5.73 Å². The third-order valence-electron chi connectivity index (χ3n) is 1.60. The molecular formula is C9H15N3O2. The molecule has 0 radical (unpaired) electrons. The number of aromatic nitrogens is 2. The average molecular weight is 197 g/mol. The minimum atomic E-state index is -0.705. The van der Waals surface area contributed by atoms with Gasteiger partial charge in [-0.3, -0.25) is 0 Å². The highest BCUT2D eigenvalue weighted by molar-refractivity contribution is 5.10. The first kappa shape index (κ1) is 10.9. The molecule has 1 heterocycles. The Balaban J connectivity index is 2.68. The SMILES string of the molecule is CC(C)Oc1ncc(C(O)CN)cn1. The summed E-state index contributed by atoms with van der Waals surface area (Å²) < 4.78 is 5.25. The lowest BCUT2D eigenvalue weighted by Crippen LogP contribution is -2.13. The van der Waals surface area contributed by atoms with Crippen molar-refractivity contribution in [3.63, 3.8) is 0 Å². The molecule has 0 aliphatic carbocycles. The van der Waals surface area contributed by atoms with Crippen LogP contribution in [0, 0.1) is 0 Å². The number of nitrogens with zero attached hydrogens (tertiary/aromatic N) is 2. The molecule has 1 aromatic rings. The second-order valence-corrected chi connectivity index (χ2v) is 3.22. The zero-order valence-electron chi connectivity index (χ0n) is 8.34. The molecule has 5 heteroatoms. The molecular weight excluding hydrogens is 182 g/mol. The van der Waals surface area contributed by atoms with Crippen LogP contribution in [0.5, 0.6) is 6.01 Å². The van der Waals surface area contributed by atoms with Gasteiger partial charge >= 0.3 is 6.01 Å². The minimum absolute atomic E-state index is 0.0419. The average Bonchev–Trinajstić information content (AvgIpc) is 2.17. The summed E-state index contributed by atoms with van der Waals surface area (Å²) in [5.74, 6) is 0. The molecule has 0 bridgehead atoms. The summed E-state index contributed by atoms with van der Waals surface area (Å²) >= 11 is 0. The van der Waals surface area contributed by atoms with Crippen molar-refractivity contribution in [1.82, 2.24) is 9.97 Å². The molecule has 0 aromatic carbocycles. The molecule has 0 aliphatic heterocycles. The molecule has 1 atom stereocenters. The second kappa shape index (κ2) is 4.88. The lowest BCUT2D eigenvalue weighted by molar-refractivity contribution is 0.184. The van der Waals surface area contributed by atoms with E-state index in [0.717, 1.165) is 0 Å². The molecule has 0 spiro atoms. The summed E-state index contributed by atoms with van der Waals surface area (Å²) in [6, 6.07) is 0.313. The van der Waals surface area contributed by atoms with E-state index in [9.17, 15) is 5.11 Å². The fourth-order valence-electron chi connectivity index (χ4n) is 0.906. The van der Waals surface area contributed by atoms with Crippen LogP contribution in [0.25, 0.3) is 0 Å². The van der Waals surface area contributed by atoms with Gasteiger partial charge in [0.25, 0.3) is 0 Å². The number of hydrogen-bond acceptors (Lipinski definition) is 5. The maximum Gasteiger partial charge on any atom is 0.316 e. The van der Waals surface area contributed by atoms with Gasteiger partial charge in [0.2, 0.25) is 0 Å². The summed E-state index contributed by atoms with van der Waals surface area (Å²) in [5.41, 5.74) is 5.89. The van der Waals surface area contributed by atoms with Crippen LogP contribution in [0.2, 0.25) is 0 Å². The number of aliphatic hydroxyl groups is 1. The van der Waals surface area contributed by atoms with Crippen LogP contribution >= 0.6 is 0 Å². The number of rotatable bonds is 4. The van der Waals surface area contributed by atoms with Gasteiger partial charge in [0, 0.05) is 24.5 Å². The second-order valence-electron chi connectivity index (χ2n) is 3.22. The van der Waals surface area contributed by atoms with E-state index in [-0.39, 0.29) is 12.6 Å². The molecule has 0 amide bonds. The van der Waals surface area contributed by atoms with E-state index in [1.807, 2.05) is 13.8 Å². The highest BCUT2D eigenvalue weighted by Crippen LogP contribution is 2.11. The van der Waals surface area contributed by atoms with Crippen molar-refractivity contribution < 1.29 is 9.84 Å². The summed E-state index contributed by atoms with van der Waals surface area (Å²) in [4.78, 5) is 7.88. The Hall–Kier alpha value is -1.20. The molecule has 0 saturated heterocycles. The first-order valence-corrected chi connectivity index (χ1v) is 4.50. The van der Waals surface area contributed by atoms with Crippen LogP contribution in [-0.2, 0) is 0 Å². The normalized spacial score (nSPS) is 12.9. The Morgan fingerprint density at radius 3 is 2.43 bits per heavy atom. The quantitative estimate of drug-likeness (QED) is 0.723. The fraction of sp³-hybridized carbons (Fsp3) is 0.556. The molecule has 3 N–H and O–H groups in total. The largest absolute Gasteiger partial charge is 0.461 e. The molecule has 78 valence electrons. The molecule has 5 nitrogen and oxygen atoms in total. The lowest BCUT2D eigenvalue weighted by Gasteiger charge is -2.09. The standard InChI is InChI=1S/C9H15N3O2/c1-6(2)14-9-11-4-7(5-12-9)8(13)3-10/h4-6,8,13H,3,10H2,1-2H3. The van der Waals surface area contributed by atoms with Gasteiger partial charge in [0.05, 0.1) is 12.2 Å². The monoisotopic (exact) mass is 197 g/mol. The molecule has 1 aromatic heterocycles. The van der Waals surface area contributed by atoms with Gasteiger partial charge in [0.1, 0.15) is 0 Å². The maximum absolute atomic E-state index is 9.36. The van der Waals surface area contributed by atoms with Gasteiger partial charge in [-0.15, -0.1) is 0 Å². The van der Waals surface area contributed by atoms with Gasteiger partial charge in [-0.2, -0.15) is 0 Å². The number of ether oxygens (including phenoxy) is 1. The van der Waals surface area contributed by atoms with Crippen molar-refractivity contribution in [1.29, 1.82) is 0 Å². The van der Waals surface area contributed by atoms with E-state index in [2.05, 4.69) is 9.97 Å². The van der Waals surface area contributed by atoms with Crippen molar-refractivity contribution in [3.8, 4) is 6.01 Å². The predicted molar refractivity (Wildman–Crippen MR) is 51.8 cm³/mol. The van der Waals surface area contributed by atoms with Crippen LogP contribution in [0.3, 0.4) is 0 Å². The number of aliphatic hydroxyl groups excluding tert-OH is 1. The van der Waals surface area contributed by atoms with E-state index in [0.29, 0.717) is 11.6 Å². The molecule has 14 heavy (non-hydrogen) atoms. The van der Waals surface area contributed by atoms with Crippen LogP contribution in [0.4, 0.5) is 0 Å². The summed E-state index contributed by atoms with van der Waals surface area (Å²) in [5, 5.41) is 9.36. The molecule has 1 unspecified atom stereocenters. The fourth-order valence-corrected chi connectivity index (χ4v) is 0.906. The number of nitrogens with two attached hydrogens (primary N) is 1. The summed E-state index contributed by atoms with van der Waals surface area (Å²) in [6.45, 7) is 3.95. The Morgan fingerprint density at radius 1 is 1.43 bits per heavy atom. The predicted octanol–water partition coefficient (Wildman–Crippen LogP) is 0.256. The van der Waals surface area contributed by atoms with Crippen molar-refractivity contribution in [2.45, 2.75) is 26.1 Å². The van der Waals surface area contributed by atoms with Crippen LogP contribution in [-0.4, -0.2) is 27.7 Å². The summed E-state index contributed by atoms with van der Waals surface area (Å²) in [6.07, 6.45) is 2.37. The first-order valence-electron chi connectivity index (χ1n) is 4.50. The highest BCUT2D eigenvalue weighted by atomic mass is 16.5. The van der Waals surface area contributed by atoms with Crippen LogP contribution in [0.15, 0.2) is 12.4 Å². The van der Waals surface area contributed by atoms with Crippen molar-refractivity contribution >= 4 is 0 Å². The Kier molecular flexibility index (Phi) is 3.79. The van der Waals surface area contributed by atoms with Gasteiger partial charge < -0.3 is 15.6 Å². The van der Waals surface area contributed by atoms with E-state index in [1.54, 1.807) is 0 Å². The van der Waals surface area contributed by atoms with Gasteiger partial charge in [0.15, 0.2) is 0 Å². The van der Waals surface area contributed by atoms with Crippen LogP contribution < -0.4 is 10.5 Å². The third kappa shape index (κ3) is 2.93. The molecule has 0 aliphatic rings. The van der Waals surface area contributed by atoms with E-state index in [4.69, 9.17) is 10.5 Å². The topological polar surface area (TPSA) is 81.3 Å². The lowest BCUT2D eigenvalue weighted by atomic mass is 10.2. The molecule has 1 rings (SSSR count). The van der Waals surface area contributed by atoms with Crippen molar-refractivity contribution in [2.75, 3.05) is 6.54 Å². The zero-order chi connectivity index (χ0) is 10.6.